The van der Waals surface area contributed by atoms with Gasteiger partial charge in [-0.25, -0.2) is 9.98 Å². The maximum atomic E-state index is 14.4. The fourth-order valence-corrected chi connectivity index (χ4v) is 3.16. The predicted molar refractivity (Wildman–Crippen MR) is 85.2 cm³/mol. The molecule has 1 fully saturated rings. The van der Waals surface area contributed by atoms with Crippen molar-refractivity contribution in [2.24, 2.45) is 15.9 Å². The summed E-state index contributed by atoms with van der Waals surface area (Å²) in [6.45, 7) is -0.0504. The van der Waals surface area contributed by atoms with E-state index in [-0.39, 0.29) is 40.2 Å². The molecule has 9 heteroatoms. The average Bonchev–Trinajstić information content (AvgIpc) is 3.36. The second-order valence-electron chi connectivity index (χ2n) is 6.18. The number of alkyl halides is 3. The average molecular weight is 372 g/mol. The summed E-state index contributed by atoms with van der Waals surface area (Å²) in [6, 6.07) is 4.03. The first-order valence-corrected chi connectivity index (χ1v) is 8.02. The van der Waals surface area contributed by atoms with E-state index < -0.39 is 11.8 Å². The van der Waals surface area contributed by atoms with E-state index in [9.17, 15) is 18.4 Å². The normalized spacial score (nSPS) is 25.2. The van der Waals surface area contributed by atoms with Crippen LogP contribution < -0.4 is 0 Å². The minimum absolute atomic E-state index is 0.0408. The molecule has 2 heterocycles. The zero-order valence-electron chi connectivity index (χ0n) is 12.8. The Morgan fingerprint density at radius 1 is 1.36 bits per heavy atom. The van der Waals surface area contributed by atoms with Gasteiger partial charge in [0.25, 0.3) is 0 Å². The SMILES string of the molecule is ON1C=NC=C2C1=Nc1ccc(Cl)cc1C2(OCC1CC1)C(F)(F)F. The largest absolute Gasteiger partial charge is 0.426 e. The molecule has 25 heavy (non-hydrogen) atoms. The molecule has 1 atom stereocenters. The number of fused-ring (bicyclic) bond motifs is 2. The molecule has 1 N–H and O–H groups in total. The highest BCUT2D eigenvalue weighted by Gasteiger charge is 2.64. The molecule has 0 amide bonds. The third-order valence-corrected chi connectivity index (χ3v) is 4.65. The summed E-state index contributed by atoms with van der Waals surface area (Å²) < 4.78 is 48.6. The molecule has 2 aliphatic heterocycles. The first-order valence-electron chi connectivity index (χ1n) is 7.65. The molecule has 1 aromatic rings. The van der Waals surface area contributed by atoms with Crippen LogP contribution in [0, 0.1) is 5.92 Å². The molecule has 4 rings (SSSR count). The maximum Gasteiger partial charge on any atom is 0.426 e. The van der Waals surface area contributed by atoms with Gasteiger partial charge in [0.15, 0.2) is 5.84 Å². The lowest BCUT2D eigenvalue weighted by atomic mass is 9.81. The molecule has 1 saturated carbocycles. The summed E-state index contributed by atoms with van der Waals surface area (Å²) in [5.74, 6) is -0.167. The Hall–Kier alpha value is -1.90. The molecular formula is C16H13ClF3N3O2. The van der Waals surface area contributed by atoms with Crippen molar-refractivity contribution in [3.8, 4) is 0 Å². The lowest BCUT2D eigenvalue weighted by Crippen LogP contribution is -2.53. The monoisotopic (exact) mass is 371 g/mol. The number of hydrogen-bond donors (Lipinski definition) is 1. The van der Waals surface area contributed by atoms with E-state index in [4.69, 9.17) is 16.3 Å². The summed E-state index contributed by atoms with van der Waals surface area (Å²) in [4.78, 5) is 7.82. The van der Waals surface area contributed by atoms with Gasteiger partial charge in [0.05, 0.1) is 17.9 Å². The molecule has 132 valence electrons. The van der Waals surface area contributed by atoms with E-state index in [1.807, 2.05) is 0 Å². The molecule has 0 saturated heterocycles. The standard InChI is InChI=1S/C16H13ClF3N3O2/c17-10-3-4-13-11(5-10)15(16(18,19)20,25-7-9-1-2-9)12-6-21-8-23(24)14(12)22-13/h3-6,8-9,24H,1-2,7H2. The number of ether oxygens (including phenoxy) is 1. The summed E-state index contributed by atoms with van der Waals surface area (Å²) >= 11 is 5.95. The van der Waals surface area contributed by atoms with Gasteiger partial charge in [-0.3, -0.25) is 5.21 Å². The van der Waals surface area contributed by atoms with E-state index in [0.717, 1.165) is 25.4 Å². The number of amidine groups is 1. The van der Waals surface area contributed by atoms with E-state index in [1.165, 1.54) is 18.2 Å². The molecular weight excluding hydrogens is 359 g/mol. The van der Waals surface area contributed by atoms with Crippen molar-refractivity contribution in [3.63, 3.8) is 0 Å². The summed E-state index contributed by atoms with van der Waals surface area (Å²) in [7, 11) is 0. The highest BCUT2D eigenvalue weighted by molar-refractivity contribution is 6.30. The Balaban J connectivity index is 1.97. The van der Waals surface area contributed by atoms with Gasteiger partial charge >= 0.3 is 6.18 Å². The van der Waals surface area contributed by atoms with Crippen LogP contribution in [-0.2, 0) is 10.3 Å². The highest BCUT2D eigenvalue weighted by Crippen LogP contribution is 2.55. The van der Waals surface area contributed by atoms with Gasteiger partial charge in [-0.2, -0.15) is 18.2 Å². The van der Waals surface area contributed by atoms with E-state index >= 15 is 0 Å². The number of halogens is 4. The lowest BCUT2D eigenvalue weighted by Gasteiger charge is -2.42. The van der Waals surface area contributed by atoms with E-state index in [2.05, 4.69) is 9.98 Å². The quantitative estimate of drug-likeness (QED) is 0.867. The van der Waals surface area contributed by atoms with E-state index in [0.29, 0.717) is 5.06 Å². The van der Waals surface area contributed by atoms with Crippen LogP contribution in [0.25, 0.3) is 0 Å². The molecule has 0 radical (unpaired) electrons. The third kappa shape index (κ3) is 2.56. The van der Waals surface area contributed by atoms with Crippen LogP contribution in [0.2, 0.25) is 5.02 Å². The molecule has 1 aromatic carbocycles. The number of benzene rings is 1. The highest BCUT2D eigenvalue weighted by atomic mass is 35.5. The lowest BCUT2D eigenvalue weighted by molar-refractivity contribution is -0.268. The van der Waals surface area contributed by atoms with Crippen molar-refractivity contribution in [1.29, 1.82) is 0 Å². The fraction of sp³-hybridized carbons (Fsp3) is 0.375. The van der Waals surface area contributed by atoms with Crippen LogP contribution in [0.1, 0.15) is 18.4 Å². The van der Waals surface area contributed by atoms with Crippen LogP contribution in [0.4, 0.5) is 18.9 Å². The Bertz CT molecular complexity index is 817. The van der Waals surface area contributed by atoms with Crippen molar-refractivity contribution >= 4 is 29.5 Å². The second-order valence-corrected chi connectivity index (χ2v) is 6.62. The van der Waals surface area contributed by atoms with Gasteiger partial charge in [0.2, 0.25) is 5.60 Å². The summed E-state index contributed by atoms with van der Waals surface area (Å²) in [5.41, 5.74) is -3.31. The van der Waals surface area contributed by atoms with Crippen molar-refractivity contribution in [1.82, 2.24) is 5.06 Å². The zero-order chi connectivity index (χ0) is 17.8. The first kappa shape index (κ1) is 16.6. The predicted octanol–water partition coefficient (Wildman–Crippen LogP) is 4.18. The summed E-state index contributed by atoms with van der Waals surface area (Å²) in [6.07, 6.45) is -1.13. The van der Waals surface area contributed by atoms with Crippen LogP contribution >= 0.6 is 11.6 Å². The van der Waals surface area contributed by atoms with Crippen molar-refractivity contribution in [3.05, 3.63) is 40.6 Å². The third-order valence-electron chi connectivity index (χ3n) is 4.41. The Morgan fingerprint density at radius 3 is 2.80 bits per heavy atom. The van der Waals surface area contributed by atoms with Gasteiger partial charge in [0.1, 0.15) is 6.34 Å². The van der Waals surface area contributed by atoms with Crippen molar-refractivity contribution in [2.75, 3.05) is 6.61 Å². The van der Waals surface area contributed by atoms with Gasteiger partial charge in [-0.15, -0.1) is 0 Å². The Kier molecular flexibility index (Phi) is 3.68. The zero-order valence-corrected chi connectivity index (χ0v) is 13.6. The van der Waals surface area contributed by atoms with E-state index in [1.54, 1.807) is 0 Å². The van der Waals surface area contributed by atoms with Crippen LogP contribution in [0.5, 0.6) is 0 Å². The number of aliphatic imine (C=N–C) groups is 2. The van der Waals surface area contributed by atoms with Crippen LogP contribution in [-0.4, -0.2) is 35.2 Å². The minimum atomic E-state index is -4.80. The topological polar surface area (TPSA) is 57.4 Å². The van der Waals surface area contributed by atoms with Gasteiger partial charge < -0.3 is 4.74 Å². The minimum Gasteiger partial charge on any atom is -0.356 e. The number of hydroxylamine groups is 2. The summed E-state index contributed by atoms with van der Waals surface area (Å²) in [5, 5.41) is 10.5. The Labute approximate surface area is 146 Å². The molecule has 0 aromatic heterocycles. The van der Waals surface area contributed by atoms with Crippen molar-refractivity contribution in [2.45, 2.75) is 24.6 Å². The molecule has 0 bridgehead atoms. The molecule has 1 unspecified atom stereocenters. The van der Waals surface area contributed by atoms with Crippen LogP contribution in [0.3, 0.4) is 0 Å². The maximum absolute atomic E-state index is 14.4. The van der Waals surface area contributed by atoms with Crippen LogP contribution in [0.15, 0.2) is 40.0 Å². The van der Waals surface area contributed by atoms with Gasteiger partial charge in [0, 0.05) is 16.8 Å². The molecule has 3 aliphatic rings. The smallest absolute Gasteiger partial charge is 0.356 e. The molecule has 1 aliphatic carbocycles. The first-order chi connectivity index (χ1) is 11.8. The molecule has 5 nitrogen and oxygen atoms in total. The second kappa shape index (κ2) is 5.55. The van der Waals surface area contributed by atoms with Crippen molar-refractivity contribution < 1.29 is 23.1 Å². The van der Waals surface area contributed by atoms with Gasteiger partial charge in [-0.1, -0.05) is 11.6 Å². The fourth-order valence-electron chi connectivity index (χ4n) is 2.98. The number of rotatable bonds is 3. The number of hydrogen-bond acceptors (Lipinski definition) is 5. The number of nitrogens with zero attached hydrogens (tertiary/aromatic N) is 3. The Morgan fingerprint density at radius 2 is 2.12 bits per heavy atom. The van der Waals surface area contributed by atoms with Gasteiger partial charge in [-0.05, 0) is 37.0 Å². The molecule has 0 spiro atoms.